The molecule has 3 aromatic rings. The van der Waals surface area contributed by atoms with E-state index in [1.165, 1.54) is 0 Å². The zero-order valence-corrected chi connectivity index (χ0v) is 17.4. The zero-order valence-electron chi connectivity index (χ0n) is 15.1. The minimum Gasteiger partial charge on any atom is -0.276 e. The van der Waals surface area contributed by atoms with E-state index in [4.69, 9.17) is 23.2 Å². The summed E-state index contributed by atoms with van der Waals surface area (Å²) in [7, 11) is -4.46. The molecule has 0 aliphatic rings. The Kier molecular flexibility index (Phi) is 6.50. The van der Waals surface area contributed by atoms with Crippen molar-refractivity contribution in [1.82, 2.24) is 30.5 Å². The van der Waals surface area contributed by atoms with Crippen molar-refractivity contribution in [2.24, 2.45) is 0 Å². The van der Waals surface area contributed by atoms with E-state index in [1.54, 1.807) is 23.0 Å². The first-order valence-corrected chi connectivity index (χ1v) is 10.4. The molecule has 0 bridgehead atoms. The van der Waals surface area contributed by atoms with E-state index in [2.05, 4.69) is 15.4 Å². The quantitative estimate of drug-likeness (QED) is 0.508. The molecule has 0 aliphatic carbocycles. The molecule has 15 heteroatoms. The van der Waals surface area contributed by atoms with Gasteiger partial charge in [0, 0.05) is 5.56 Å². The SMILES string of the molecule is O=C(Cn1nnc(-c2cccc(Cl)c2Cl)n1)NNS(=O)(=O)c1cccc(C(F)(F)F)c1. The maximum atomic E-state index is 12.8. The van der Waals surface area contributed by atoms with Crippen molar-refractivity contribution in [3.05, 3.63) is 58.1 Å². The third-order valence-electron chi connectivity index (χ3n) is 3.73. The van der Waals surface area contributed by atoms with Crippen LogP contribution in [0.1, 0.15) is 5.56 Å². The summed E-state index contributed by atoms with van der Waals surface area (Å²) in [6, 6.07) is 7.79. The Labute approximate surface area is 183 Å². The average Bonchev–Trinajstić information content (AvgIpc) is 3.16. The van der Waals surface area contributed by atoms with E-state index in [0.717, 1.165) is 23.0 Å². The van der Waals surface area contributed by atoms with Crippen molar-refractivity contribution in [2.45, 2.75) is 17.6 Å². The van der Waals surface area contributed by atoms with Crippen LogP contribution in [0.4, 0.5) is 13.2 Å². The van der Waals surface area contributed by atoms with Crippen LogP contribution in [-0.2, 0) is 27.5 Å². The predicted molar refractivity (Wildman–Crippen MR) is 103 cm³/mol. The highest BCUT2D eigenvalue weighted by Gasteiger charge is 2.31. The number of amides is 1. The number of carbonyl (C=O) groups excluding carboxylic acids is 1. The topological polar surface area (TPSA) is 119 Å². The first kappa shape index (κ1) is 22.9. The Morgan fingerprint density at radius 2 is 1.84 bits per heavy atom. The van der Waals surface area contributed by atoms with E-state index in [0.29, 0.717) is 11.6 Å². The number of benzene rings is 2. The van der Waals surface area contributed by atoms with Crippen molar-refractivity contribution in [3.8, 4) is 11.4 Å². The molecule has 164 valence electrons. The predicted octanol–water partition coefficient (Wildman–Crippen LogP) is 2.68. The molecule has 0 radical (unpaired) electrons. The number of nitrogens with zero attached hydrogens (tertiary/aromatic N) is 4. The van der Waals surface area contributed by atoms with Gasteiger partial charge in [-0.2, -0.15) is 18.0 Å². The van der Waals surface area contributed by atoms with Gasteiger partial charge < -0.3 is 0 Å². The number of rotatable bonds is 6. The second-order valence-electron chi connectivity index (χ2n) is 5.92. The number of hydrogen-bond donors (Lipinski definition) is 2. The fourth-order valence-corrected chi connectivity index (χ4v) is 3.58. The number of alkyl halides is 3. The minimum absolute atomic E-state index is 0.0739. The molecule has 1 heterocycles. The van der Waals surface area contributed by atoms with Crippen LogP contribution < -0.4 is 10.3 Å². The molecular formula is C16H11Cl2F3N6O3S. The monoisotopic (exact) mass is 494 g/mol. The fraction of sp³-hybridized carbons (Fsp3) is 0.125. The molecule has 0 saturated heterocycles. The Morgan fingerprint density at radius 3 is 2.55 bits per heavy atom. The largest absolute Gasteiger partial charge is 0.416 e. The highest BCUT2D eigenvalue weighted by atomic mass is 35.5. The van der Waals surface area contributed by atoms with E-state index in [1.807, 2.05) is 5.43 Å². The number of carbonyl (C=O) groups is 1. The molecule has 2 N–H and O–H groups in total. The maximum absolute atomic E-state index is 12.8. The van der Waals surface area contributed by atoms with Gasteiger partial charge in [0.25, 0.3) is 15.9 Å². The normalized spacial score (nSPS) is 12.0. The van der Waals surface area contributed by atoms with Gasteiger partial charge in [-0.3, -0.25) is 10.2 Å². The summed E-state index contributed by atoms with van der Waals surface area (Å²) in [5.74, 6) is -0.832. The average molecular weight is 495 g/mol. The lowest BCUT2D eigenvalue weighted by atomic mass is 10.2. The van der Waals surface area contributed by atoms with Crippen LogP contribution in [0.25, 0.3) is 11.4 Å². The molecule has 1 aromatic heterocycles. The van der Waals surface area contributed by atoms with Crippen LogP contribution in [0, 0.1) is 0 Å². The molecule has 0 spiro atoms. The summed E-state index contributed by atoms with van der Waals surface area (Å²) < 4.78 is 62.6. The molecule has 31 heavy (non-hydrogen) atoms. The molecule has 1 amide bonds. The van der Waals surface area contributed by atoms with Crippen molar-refractivity contribution < 1.29 is 26.4 Å². The lowest BCUT2D eigenvalue weighted by Gasteiger charge is -2.11. The fourth-order valence-electron chi connectivity index (χ4n) is 2.29. The van der Waals surface area contributed by atoms with Crippen molar-refractivity contribution in [3.63, 3.8) is 0 Å². The van der Waals surface area contributed by atoms with Gasteiger partial charge in [0.2, 0.25) is 5.82 Å². The molecule has 2 aromatic carbocycles. The van der Waals surface area contributed by atoms with Crippen molar-refractivity contribution >= 4 is 39.1 Å². The highest BCUT2D eigenvalue weighted by Crippen LogP contribution is 2.31. The lowest BCUT2D eigenvalue weighted by molar-refractivity contribution is -0.137. The van der Waals surface area contributed by atoms with Crippen LogP contribution in [-0.4, -0.2) is 34.5 Å². The van der Waals surface area contributed by atoms with Crippen molar-refractivity contribution in [2.75, 3.05) is 0 Å². The van der Waals surface area contributed by atoms with E-state index < -0.39 is 39.1 Å². The van der Waals surface area contributed by atoms with Crippen LogP contribution in [0.15, 0.2) is 47.4 Å². The minimum atomic E-state index is -4.73. The standard InChI is InChI=1S/C16H11Cl2F3N6O3S/c17-12-6-2-5-11(14(12)18)15-23-25-27(24-15)8-13(28)22-26-31(29,30)10-4-1-3-9(7-10)16(19,20)21/h1-7,26H,8H2,(H,22,28). The number of halogens is 5. The Bertz CT molecular complexity index is 1230. The number of nitrogens with one attached hydrogen (secondary N) is 2. The van der Waals surface area contributed by atoms with E-state index >= 15 is 0 Å². The second-order valence-corrected chi connectivity index (χ2v) is 8.39. The van der Waals surface area contributed by atoms with Gasteiger partial charge in [-0.1, -0.05) is 35.3 Å². The summed E-state index contributed by atoms with van der Waals surface area (Å²) in [4.78, 5) is 13.9. The Hall–Kier alpha value is -2.74. The maximum Gasteiger partial charge on any atom is 0.416 e. The van der Waals surface area contributed by atoms with Gasteiger partial charge in [0.1, 0.15) is 6.54 Å². The number of sulfonamides is 1. The van der Waals surface area contributed by atoms with Crippen LogP contribution in [0.3, 0.4) is 0 Å². The second kappa shape index (κ2) is 8.78. The molecular weight excluding hydrogens is 484 g/mol. The third kappa shape index (κ3) is 5.50. The summed E-state index contributed by atoms with van der Waals surface area (Å²) in [6.45, 7) is -0.545. The first-order chi connectivity index (χ1) is 14.5. The summed E-state index contributed by atoms with van der Waals surface area (Å²) in [6.07, 6.45) is -4.73. The number of hydrogen-bond acceptors (Lipinski definition) is 6. The molecule has 9 nitrogen and oxygen atoms in total. The van der Waals surface area contributed by atoms with Crippen LogP contribution >= 0.6 is 23.2 Å². The van der Waals surface area contributed by atoms with Gasteiger partial charge in [-0.05, 0) is 35.5 Å². The van der Waals surface area contributed by atoms with Gasteiger partial charge >= 0.3 is 6.18 Å². The van der Waals surface area contributed by atoms with E-state index in [-0.39, 0.29) is 15.9 Å². The highest BCUT2D eigenvalue weighted by molar-refractivity contribution is 7.89. The molecule has 3 rings (SSSR count). The third-order valence-corrected chi connectivity index (χ3v) is 5.79. The molecule has 0 unspecified atom stereocenters. The molecule has 0 atom stereocenters. The Morgan fingerprint density at radius 1 is 1.13 bits per heavy atom. The molecule has 0 aliphatic heterocycles. The number of hydrazine groups is 1. The smallest absolute Gasteiger partial charge is 0.276 e. The number of aromatic nitrogens is 4. The van der Waals surface area contributed by atoms with Gasteiger partial charge in [0.05, 0.1) is 20.5 Å². The molecule has 0 fully saturated rings. The lowest BCUT2D eigenvalue weighted by Crippen LogP contribution is -2.43. The summed E-state index contributed by atoms with van der Waals surface area (Å²) in [5.41, 5.74) is 1.08. The zero-order chi connectivity index (χ0) is 22.8. The number of tetrazole rings is 1. The summed E-state index contributed by atoms with van der Waals surface area (Å²) in [5, 5.41) is 11.8. The van der Waals surface area contributed by atoms with Gasteiger partial charge in [0.15, 0.2) is 0 Å². The Balaban J connectivity index is 1.66. The molecule has 0 saturated carbocycles. The van der Waals surface area contributed by atoms with Crippen molar-refractivity contribution in [1.29, 1.82) is 0 Å². The first-order valence-electron chi connectivity index (χ1n) is 8.17. The van der Waals surface area contributed by atoms with Gasteiger partial charge in [-0.25, -0.2) is 8.42 Å². The van der Waals surface area contributed by atoms with Gasteiger partial charge in [-0.15, -0.1) is 15.0 Å². The van der Waals surface area contributed by atoms with E-state index in [9.17, 15) is 26.4 Å². The van der Waals surface area contributed by atoms with Crippen LogP contribution in [0.2, 0.25) is 10.0 Å². The summed E-state index contributed by atoms with van der Waals surface area (Å²) >= 11 is 12.0. The van der Waals surface area contributed by atoms with Crippen LogP contribution in [0.5, 0.6) is 0 Å².